The Morgan fingerprint density at radius 2 is 1.91 bits per heavy atom. The minimum atomic E-state index is -0.780. The maximum atomic E-state index is 13.1. The molecule has 1 aromatic heterocycles. The molecule has 1 amide bonds. The van der Waals surface area contributed by atoms with Gasteiger partial charge in [-0.2, -0.15) is 0 Å². The number of hydrogen-bond donors (Lipinski definition) is 1. The van der Waals surface area contributed by atoms with Gasteiger partial charge in [0.1, 0.15) is 29.4 Å². The number of amides is 1. The predicted molar refractivity (Wildman–Crippen MR) is 118 cm³/mol. The van der Waals surface area contributed by atoms with Crippen LogP contribution in [0, 0.1) is 0 Å². The molecule has 0 spiro atoms. The summed E-state index contributed by atoms with van der Waals surface area (Å²) in [7, 11) is 0. The van der Waals surface area contributed by atoms with Crippen molar-refractivity contribution >= 4 is 17.4 Å². The minimum Gasteiger partial charge on any atom is -0.507 e. The number of carbonyl (C=O) groups excluding carboxylic acids is 2. The maximum Gasteiger partial charge on any atom is 0.295 e. The van der Waals surface area contributed by atoms with Gasteiger partial charge in [-0.25, -0.2) is 0 Å². The predicted octanol–water partition coefficient (Wildman–Crippen LogP) is 4.27. The van der Waals surface area contributed by atoms with Gasteiger partial charge < -0.3 is 19.2 Å². The van der Waals surface area contributed by atoms with Crippen LogP contribution in [0.1, 0.15) is 35.4 Å². The van der Waals surface area contributed by atoms with E-state index in [9.17, 15) is 14.7 Å². The Bertz CT molecular complexity index is 1200. The van der Waals surface area contributed by atoms with Gasteiger partial charge in [0.2, 0.25) is 0 Å². The molecule has 0 radical (unpaired) electrons. The Hall–Kier alpha value is -3.80. The zero-order valence-electron chi connectivity index (χ0n) is 17.7. The van der Waals surface area contributed by atoms with Crippen molar-refractivity contribution in [3.8, 4) is 5.75 Å². The van der Waals surface area contributed by atoms with Crippen molar-refractivity contribution in [1.82, 2.24) is 4.90 Å². The highest BCUT2D eigenvalue weighted by atomic mass is 16.5. The molecular formula is C26H23NO5. The second-order valence-corrected chi connectivity index (χ2v) is 8.20. The third kappa shape index (κ3) is 3.47. The van der Waals surface area contributed by atoms with Crippen molar-refractivity contribution in [3.05, 3.63) is 95.0 Å². The third-order valence-corrected chi connectivity index (χ3v) is 6.01. The molecule has 1 N–H and O–H groups in total. The maximum absolute atomic E-state index is 13.1. The van der Waals surface area contributed by atoms with Crippen LogP contribution in [0.3, 0.4) is 0 Å². The van der Waals surface area contributed by atoms with E-state index in [0.717, 1.165) is 23.3 Å². The van der Waals surface area contributed by atoms with Crippen molar-refractivity contribution in [2.45, 2.75) is 31.9 Å². The summed E-state index contributed by atoms with van der Waals surface area (Å²) < 4.78 is 11.3. The van der Waals surface area contributed by atoms with E-state index in [4.69, 9.17) is 9.15 Å². The molecule has 2 aliphatic heterocycles. The van der Waals surface area contributed by atoms with E-state index in [1.165, 1.54) is 11.2 Å². The number of nitrogens with zero attached hydrogens (tertiary/aromatic N) is 1. The van der Waals surface area contributed by atoms with Crippen LogP contribution in [0.15, 0.2) is 76.9 Å². The van der Waals surface area contributed by atoms with Crippen LogP contribution in [0.4, 0.5) is 0 Å². The van der Waals surface area contributed by atoms with Gasteiger partial charge in [-0.15, -0.1) is 0 Å². The topological polar surface area (TPSA) is 80.0 Å². The minimum absolute atomic E-state index is 0.0462. The van der Waals surface area contributed by atoms with Gasteiger partial charge in [-0.1, -0.05) is 30.3 Å². The lowest BCUT2D eigenvalue weighted by molar-refractivity contribution is -0.140. The lowest BCUT2D eigenvalue weighted by Gasteiger charge is -2.23. The fourth-order valence-corrected chi connectivity index (χ4v) is 4.47. The standard InChI is InChI=1S/C26H23NO5/c1-16-14-19-15-18(9-10-20(19)32-16)24(28)22-23(21-8-5-13-31-21)27(26(30)25(22)29)12-11-17-6-3-2-4-7-17/h2-10,13,15-16,23,28H,11-12,14H2,1H3/b24-22+/t16-,23-/m0/s1. The van der Waals surface area contributed by atoms with Crippen molar-refractivity contribution in [2.75, 3.05) is 6.54 Å². The number of ether oxygens (including phenoxy) is 1. The van der Waals surface area contributed by atoms with Gasteiger partial charge in [0.15, 0.2) is 0 Å². The Balaban J connectivity index is 1.54. The zero-order chi connectivity index (χ0) is 22.2. The summed E-state index contributed by atoms with van der Waals surface area (Å²) in [6, 6.07) is 17.7. The van der Waals surface area contributed by atoms with E-state index in [1.54, 1.807) is 24.3 Å². The van der Waals surface area contributed by atoms with Crippen LogP contribution in [0.25, 0.3) is 5.76 Å². The molecule has 0 aliphatic carbocycles. The number of rotatable bonds is 5. The van der Waals surface area contributed by atoms with Crippen LogP contribution in [0.2, 0.25) is 0 Å². The summed E-state index contributed by atoms with van der Waals surface area (Å²) in [6.07, 6.45) is 2.87. The number of fused-ring (bicyclic) bond motifs is 1. The fraction of sp³-hybridized carbons (Fsp3) is 0.231. The quantitative estimate of drug-likeness (QED) is 0.372. The number of carbonyl (C=O) groups is 2. The molecule has 1 fully saturated rings. The molecule has 0 unspecified atom stereocenters. The first-order valence-corrected chi connectivity index (χ1v) is 10.7. The Kier molecular flexibility index (Phi) is 5.05. The summed E-state index contributed by atoms with van der Waals surface area (Å²) in [5.74, 6) is -0.324. The first-order chi connectivity index (χ1) is 15.5. The number of likely N-dealkylation sites (tertiary alicyclic amines) is 1. The van der Waals surface area contributed by atoms with Crippen LogP contribution in [0.5, 0.6) is 5.75 Å². The van der Waals surface area contributed by atoms with Crippen molar-refractivity contribution in [1.29, 1.82) is 0 Å². The summed E-state index contributed by atoms with van der Waals surface area (Å²) in [5, 5.41) is 11.2. The Morgan fingerprint density at radius 3 is 2.66 bits per heavy atom. The van der Waals surface area contributed by atoms with Crippen LogP contribution >= 0.6 is 0 Å². The van der Waals surface area contributed by atoms with Crippen molar-refractivity contribution in [3.63, 3.8) is 0 Å². The Labute approximate surface area is 185 Å². The fourth-order valence-electron chi connectivity index (χ4n) is 4.47. The van der Waals surface area contributed by atoms with E-state index in [2.05, 4.69) is 0 Å². The van der Waals surface area contributed by atoms with Gasteiger partial charge in [0.25, 0.3) is 11.7 Å². The molecule has 6 nitrogen and oxygen atoms in total. The van der Waals surface area contributed by atoms with Crippen LogP contribution in [-0.2, 0) is 22.4 Å². The van der Waals surface area contributed by atoms with Gasteiger partial charge in [-0.05, 0) is 54.8 Å². The number of ketones is 1. The molecule has 2 atom stereocenters. The molecule has 2 aromatic carbocycles. The van der Waals surface area contributed by atoms with Crippen LogP contribution in [-0.4, -0.2) is 34.3 Å². The highest BCUT2D eigenvalue weighted by Crippen LogP contribution is 2.40. The average Bonchev–Trinajstić information content (AvgIpc) is 3.51. The SMILES string of the molecule is C[C@H]1Cc2cc(/C(O)=C3\C(=O)C(=O)N(CCc4ccccc4)[C@H]3c3ccco3)ccc2O1. The molecule has 32 heavy (non-hydrogen) atoms. The largest absolute Gasteiger partial charge is 0.507 e. The summed E-state index contributed by atoms with van der Waals surface area (Å²) in [6.45, 7) is 2.31. The number of hydrogen-bond acceptors (Lipinski definition) is 5. The second-order valence-electron chi connectivity index (χ2n) is 8.20. The molecule has 1 saturated heterocycles. The lowest BCUT2D eigenvalue weighted by Crippen LogP contribution is -2.31. The van der Waals surface area contributed by atoms with Crippen LogP contribution < -0.4 is 4.74 Å². The van der Waals surface area contributed by atoms with Crippen molar-refractivity contribution in [2.24, 2.45) is 0 Å². The molecule has 3 aromatic rings. The van der Waals surface area contributed by atoms with E-state index in [1.807, 2.05) is 43.3 Å². The average molecular weight is 429 g/mol. The third-order valence-electron chi connectivity index (χ3n) is 6.01. The highest BCUT2D eigenvalue weighted by molar-refractivity contribution is 6.46. The van der Waals surface area contributed by atoms with Gasteiger partial charge in [-0.3, -0.25) is 9.59 Å². The molecule has 6 heteroatoms. The van der Waals surface area contributed by atoms with E-state index in [0.29, 0.717) is 24.3 Å². The molecule has 2 aliphatic rings. The summed E-state index contributed by atoms with van der Waals surface area (Å²) in [5.41, 5.74) is 2.55. The molecule has 0 saturated carbocycles. The Morgan fingerprint density at radius 1 is 1.09 bits per heavy atom. The summed E-state index contributed by atoms with van der Waals surface area (Å²) >= 11 is 0. The monoisotopic (exact) mass is 429 g/mol. The molecule has 3 heterocycles. The van der Waals surface area contributed by atoms with E-state index < -0.39 is 17.7 Å². The normalized spacial score (nSPS) is 21.6. The van der Waals surface area contributed by atoms with Gasteiger partial charge in [0, 0.05) is 18.5 Å². The number of aliphatic hydroxyl groups is 1. The van der Waals surface area contributed by atoms with Gasteiger partial charge >= 0.3 is 0 Å². The molecule has 0 bridgehead atoms. The summed E-state index contributed by atoms with van der Waals surface area (Å²) in [4.78, 5) is 27.5. The number of Topliss-reactive ketones (excluding diaryl/α,β-unsaturated/α-hetero) is 1. The van der Waals surface area contributed by atoms with Crippen molar-refractivity contribution < 1.29 is 23.8 Å². The van der Waals surface area contributed by atoms with E-state index in [-0.39, 0.29) is 17.4 Å². The van der Waals surface area contributed by atoms with Gasteiger partial charge in [0.05, 0.1) is 11.8 Å². The van der Waals surface area contributed by atoms with E-state index >= 15 is 0 Å². The molecular weight excluding hydrogens is 406 g/mol. The smallest absolute Gasteiger partial charge is 0.295 e. The molecule has 5 rings (SSSR count). The number of benzene rings is 2. The number of furan rings is 1. The highest BCUT2D eigenvalue weighted by Gasteiger charge is 2.47. The number of aliphatic hydroxyl groups excluding tert-OH is 1. The zero-order valence-corrected chi connectivity index (χ0v) is 17.7. The first-order valence-electron chi connectivity index (χ1n) is 10.7. The molecule has 162 valence electrons. The first kappa shape index (κ1) is 20.1. The second kappa shape index (κ2) is 8.04. The lowest BCUT2D eigenvalue weighted by atomic mass is 9.97.